The number of nitrogens with two attached hydrogens (primary N) is 1. The Morgan fingerprint density at radius 2 is 1.97 bits per heavy atom. The molecular formula is C24H22FN5O2S. The fraction of sp³-hybridized carbons (Fsp3) is 0.250. The molecule has 5 rings (SSSR count). The van der Waals surface area contributed by atoms with E-state index in [0.717, 1.165) is 27.0 Å². The van der Waals surface area contributed by atoms with Crippen LogP contribution in [-0.4, -0.2) is 39.1 Å². The molecule has 33 heavy (non-hydrogen) atoms. The van der Waals surface area contributed by atoms with Gasteiger partial charge in [0, 0.05) is 36.6 Å². The number of carboxylic acid groups (broad SMARTS) is 1. The summed E-state index contributed by atoms with van der Waals surface area (Å²) < 4.78 is 16.1. The molecular weight excluding hydrogens is 441 g/mol. The number of nitrogens with zero attached hydrogens (tertiary/aromatic N) is 4. The monoisotopic (exact) mass is 463 g/mol. The average molecular weight is 464 g/mol. The second-order valence-electron chi connectivity index (χ2n) is 8.52. The van der Waals surface area contributed by atoms with Crippen LogP contribution in [0, 0.1) is 11.2 Å². The molecule has 1 saturated heterocycles. The van der Waals surface area contributed by atoms with Crippen molar-refractivity contribution >= 4 is 38.5 Å². The molecule has 3 aromatic heterocycles. The largest absolute Gasteiger partial charge is 0.481 e. The first-order chi connectivity index (χ1) is 15.8. The smallest absolute Gasteiger partial charge is 0.309 e. The van der Waals surface area contributed by atoms with Crippen molar-refractivity contribution in [3.8, 4) is 22.4 Å². The number of halogens is 1. The molecule has 168 valence electrons. The molecule has 0 saturated carbocycles. The van der Waals surface area contributed by atoms with Gasteiger partial charge < -0.3 is 15.7 Å². The Morgan fingerprint density at radius 1 is 1.18 bits per heavy atom. The van der Waals surface area contributed by atoms with E-state index in [0.29, 0.717) is 36.6 Å². The van der Waals surface area contributed by atoms with Gasteiger partial charge >= 0.3 is 5.97 Å². The topological polar surface area (TPSA) is 105 Å². The molecule has 7 nitrogen and oxygen atoms in total. The predicted molar refractivity (Wildman–Crippen MR) is 128 cm³/mol. The SMILES string of the molecule is CC1(C(=O)O)CCN(c2ncc(-c3cc(-c4ccccn4)c4sc(N)nc4c3)cc2F)CC1. The molecule has 0 amide bonds. The van der Waals surface area contributed by atoms with Crippen LogP contribution in [0.15, 0.2) is 48.8 Å². The summed E-state index contributed by atoms with van der Waals surface area (Å²) in [5, 5.41) is 9.88. The molecule has 4 aromatic rings. The van der Waals surface area contributed by atoms with Crippen LogP contribution in [0.1, 0.15) is 19.8 Å². The van der Waals surface area contributed by atoms with Crippen LogP contribution in [0.25, 0.3) is 32.6 Å². The lowest BCUT2D eigenvalue weighted by molar-refractivity contribution is -0.149. The maximum absolute atomic E-state index is 15.1. The molecule has 0 aliphatic carbocycles. The van der Waals surface area contributed by atoms with Crippen LogP contribution >= 0.6 is 11.3 Å². The van der Waals surface area contributed by atoms with E-state index >= 15 is 4.39 Å². The van der Waals surface area contributed by atoms with Crippen LogP contribution in [0.2, 0.25) is 0 Å². The minimum Gasteiger partial charge on any atom is -0.481 e. The van der Waals surface area contributed by atoms with Crippen LogP contribution in [0.3, 0.4) is 0 Å². The van der Waals surface area contributed by atoms with Crippen molar-refractivity contribution in [2.45, 2.75) is 19.8 Å². The van der Waals surface area contributed by atoms with Crippen LogP contribution in [0.5, 0.6) is 0 Å². The molecule has 0 unspecified atom stereocenters. The fourth-order valence-electron chi connectivity index (χ4n) is 4.18. The lowest BCUT2D eigenvalue weighted by atomic mass is 9.80. The van der Waals surface area contributed by atoms with E-state index in [1.807, 2.05) is 35.2 Å². The molecule has 0 spiro atoms. The van der Waals surface area contributed by atoms with E-state index in [-0.39, 0.29) is 5.82 Å². The summed E-state index contributed by atoms with van der Waals surface area (Å²) in [7, 11) is 0. The van der Waals surface area contributed by atoms with E-state index in [1.54, 1.807) is 19.3 Å². The molecule has 1 fully saturated rings. The molecule has 3 N–H and O–H groups in total. The minimum absolute atomic E-state index is 0.245. The lowest BCUT2D eigenvalue weighted by Crippen LogP contribution is -2.43. The van der Waals surface area contributed by atoms with Crippen LogP contribution in [-0.2, 0) is 4.79 Å². The number of rotatable bonds is 4. The first-order valence-electron chi connectivity index (χ1n) is 10.6. The van der Waals surface area contributed by atoms with Gasteiger partial charge in [-0.15, -0.1) is 0 Å². The highest BCUT2D eigenvalue weighted by molar-refractivity contribution is 7.22. The van der Waals surface area contributed by atoms with Crippen LogP contribution < -0.4 is 10.6 Å². The van der Waals surface area contributed by atoms with E-state index < -0.39 is 17.2 Å². The van der Waals surface area contributed by atoms with Gasteiger partial charge in [0.25, 0.3) is 0 Å². The molecule has 0 bridgehead atoms. The predicted octanol–water partition coefficient (Wildman–Crippen LogP) is 4.83. The van der Waals surface area contributed by atoms with E-state index in [2.05, 4.69) is 15.0 Å². The number of piperidine rings is 1. The summed E-state index contributed by atoms with van der Waals surface area (Å²) >= 11 is 1.39. The Bertz CT molecular complexity index is 1350. The summed E-state index contributed by atoms with van der Waals surface area (Å²) in [6.45, 7) is 2.63. The van der Waals surface area contributed by atoms with Crippen molar-refractivity contribution in [2.75, 3.05) is 23.7 Å². The number of anilines is 2. The van der Waals surface area contributed by atoms with Gasteiger partial charge in [-0.1, -0.05) is 17.4 Å². The van der Waals surface area contributed by atoms with E-state index in [9.17, 15) is 9.90 Å². The summed E-state index contributed by atoms with van der Waals surface area (Å²) in [5.41, 5.74) is 8.96. The number of nitrogen functional groups attached to an aromatic ring is 1. The second-order valence-corrected chi connectivity index (χ2v) is 9.55. The Labute approximate surface area is 193 Å². The van der Waals surface area contributed by atoms with Gasteiger partial charge in [0.2, 0.25) is 0 Å². The van der Waals surface area contributed by atoms with Gasteiger partial charge in [0.05, 0.1) is 21.3 Å². The number of aliphatic carboxylic acids is 1. The van der Waals surface area contributed by atoms with Gasteiger partial charge in [-0.25, -0.2) is 14.4 Å². The molecule has 9 heteroatoms. The third kappa shape index (κ3) is 3.89. The van der Waals surface area contributed by atoms with Crippen molar-refractivity contribution in [1.29, 1.82) is 0 Å². The van der Waals surface area contributed by atoms with Crippen molar-refractivity contribution in [2.24, 2.45) is 5.41 Å². The van der Waals surface area contributed by atoms with E-state index in [1.165, 1.54) is 17.4 Å². The molecule has 1 aromatic carbocycles. The first kappa shape index (κ1) is 21.3. The van der Waals surface area contributed by atoms with Crippen molar-refractivity contribution in [3.63, 3.8) is 0 Å². The average Bonchev–Trinajstić information content (AvgIpc) is 3.19. The number of aromatic nitrogens is 3. The summed E-state index contributed by atoms with van der Waals surface area (Å²) in [5.74, 6) is -1.01. The molecule has 0 atom stereocenters. The highest BCUT2D eigenvalue weighted by atomic mass is 32.1. The van der Waals surface area contributed by atoms with Gasteiger partial charge in [-0.2, -0.15) is 0 Å². The highest BCUT2D eigenvalue weighted by Gasteiger charge is 2.37. The number of fused-ring (bicyclic) bond motifs is 1. The van der Waals surface area contributed by atoms with Crippen molar-refractivity contribution in [1.82, 2.24) is 15.0 Å². The van der Waals surface area contributed by atoms with Crippen LogP contribution in [0.4, 0.5) is 15.3 Å². The number of benzene rings is 1. The molecule has 1 aliphatic heterocycles. The Kier molecular flexibility index (Phi) is 5.20. The number of pyridine rings is 2. The zero-order valence-electron chi connectivity index (χ0n) is 18.0. The molecule has 4 heterocycles. The zero-order valence-corrected chi connectivity index (χ0v) is 18.8. The first-order valence-corrected chi connectivity index (χ1v) is 11.4. The van der Waals surface area contributed by atoms with Crippen molar-refractivity contribution in [3.05, 3.63) is 54.6 Å². The third-order valence-corrected chi connectivity index (χ3v) is 7.22. The Morgan fingerprint density at radius 3 is 2.64 bits per heavy atom. The van der Waals surface area contributed by atoms with E-state index in [4.69, 9.17) is 5.73 Å². The highest BCUT2D eigenvalue weighted by Crippen LogP contribution is 2.38. The maximum Gasteiger partial charge on any atom is 0.309 e. The van der Waals surface area contributed by atoms with Gasteiger partial charge in [-0.3, -0.25) is 9.78 Å². The standard InChI is InChI=1S/C24H22FN5O2S/c1-24(22(31)32)5-8-30(9-6-24)21-17(25)11-15(13-28-21)14-10-16(18-4-2-3-7-27-18)20-19(12-14)29-23(26)33-20/h2-4,7,10-13H,5-6,8-9H2,1H3,(H2,26,29)(H,31,32). The number of thiazole rings is 1. The minimum atomic E-state index is -0.812. The van der Waals surface area contributed by atoms with Crippen molar-refractivity contribution < 1.29 is 14.3 Å². The summed E-state index contributed by atoms with van der Waals surface area (Å²) in [4.78, 5) is 26.6. The fourth-order valence-corrected chi connectivity index (χ4v) is 5.01. The third-order valence-electron chi connectivity index (χ3n) is 6.29. The summed E-state index contributed by atoms with van der Waals surface area (Å²) in [6.07, 6.45) is 4.26. The maximum atomic E-state index is 15.1. The molecule has 0 radical (unpaired) electrons. The Hall–Kier alpha value is -3.59. The molecule has 1 aliphatic rings. The zero-order chi connectivity index (χ0) is 23.2. The summed E-state index contributed by atoms with van der Waals surface area (Å²) in [6, 6.07) is 11.0. The van der Waals surface area contributed by atoms with Gasteiger partial charge in [0.15, 0.2) is 16.8 Å². The lowest BCUT2D eigenvalue weighted by Gasteiger charge is -2.37. The number of hydrogen-bond acceptors (Lipinski definition) is 7. The Balaban J connectivity index is 1.50. The number of carboxylic acids is 1. The van der Waals surface area contributed by atoms with Gasteiger partial charge in [0.1, 0.15) is 0 Å². The number of carbonyl (C=O) groups is 1. The second kappa shape index (κ2) is 8.08. The normalized spacial score (nSPS) is 15.6. The number of hydrogen-bond donors (Lipinski definition) is 2. The van der Waals surface area contributed by atoms with Gasteiger partial charge in [-0.05, 0) is 55.7 Å². The quantitative estimate of drug-likeness (QED) is 0.446.